The van der Waals surface area contributed by atoms with E-state index >= 15 is 0 Å². The number of carbonyl (C=O) groups excluding carboxylic acids is 1. The van der Waals surface area contributed by atoms with Gasteiger partial charge in [0, 0.05) is 13.1 Å². The van der Waals surface area contributed by atoms with Crippen molar-refractivity contribution in [3.8, 4) is 0 Å². The van der Waals surface area contributed by atoms with Crippen molar-refractivity contribution in [1.82, 2.24) is 4.90 Å². The number of rotatable bonds is 6. The molecule has 2 fully saturated rings. The van der Waals surface area contributed by atoms with E-state index in [2.05, 4.69) is 18.7 Å². The Morgan fingerprint density at radius 2 is 2.11 bits per heavy atom. The van der Waals surface area contributed by atoms with Crippen LogP contribution < -0.4 is 5.73 Å². The first-order valence-electron chi connectivity index (χ1n) is 7.65. The van der Waals surface area contributed by atoms with E-state index in [0.717, 1.165) is 31.8 Å². The summed E-state index contributed by atoms with van der Waals surface area (Å²) in [5.41, 5.74) is 5.64. The number of hydrogen-bond donors (Lipinski definition) is 1. The highest BCUT2D eigenvalue weighted by molar-refractivity contribution is 5.82. The highest BCUT2D eigenvalue weighted by Crippen LogP contribution is 2.40. The van der Waals surface area contributed by atoms with Gasteiger partial charge < -0.3 is 15.4 Å². The Kier molecular flexibility index (Phi) is 4.51. The largest absolute Gasteiger partial charge is 0.465 e. The summed E-state index contributed by atoms with van der Waals surface area (Å²) in [6.45, 7) is 9.61. The van der Waals surface area contributed by atoms with Gasteiger partial charge in [0.05, 0.1) is 6.61 Å². The van der Waals surface area contributed by atoms with E-state index in [1.54, 1.807) is 0 Å². The average molecular weight is 268 g/mol. The van der Waals surface area contributed by atoms with Crippen LogP contribution in [0.1, 0.15) is 40.0 Å². The first-order valence-corrected chi connectivity index (χ1v) is 7.65. The van der Waals surface area contributed by atoms with E-state index in [1.807, 2.05) is 6.92 Å². The molecule has 110 valence electrons. The van der Waals surface area contributed by atoms with E-state index in [9.17, 15) is 4.79 Å². The smallest absolute Gasteiger partial charge is 0.327 e. The molecule has 0 amide bonds. The summed E-state index contributed by atoms with van der Waals surface area (Å²) < 4.78 is 5.20. The number of nitrogens with zero attached hydrogens (tertiary/aromatic N) is 1. The Hall–Kier alpha value is -0.610. The Morgan fingerprint density at radius 1 is 1.42 bits per heavy atom. The molecular weight excluding hydrogens is 240 g/mol. The van der Waals surface area contributed by atoms with Gasteiger partial charge in [-0.25, -0.2) is 4.79 Å². The molecule has 1 saturated heterocycles. The SMILES string of the molecule is CCOC(=O)C(N)(CN1CCC(C(C)C)C1)C1CC1. The van der Waals surface area contributed by atoms with E-state index in [-0.39, 0.29) is 5.97 Å². The number of hydrogen-bond acceptors (Lipinski definition) is 4. The molecule has 0 bridgehead atoms. The van der Waals surface area contributed by atoms with Gasteiger partial charge in [-0.15, -0.1) is 0 Å². The normalized spacial score (nSPS) is 27.5. The Morgan fingerprint density at radius 3 is 2.58 bits per heavy atom. The van der Waals surface area contributed by atoms with Gasteiger partial charge in [-0.05, 0) is 50.5 Å². The molecule has 2 aliphatic rings. The van der Waals surface area contributed by atoms with Crippen molar-refractivity contribution >= 4 is 5.97 Å². The van der Waals surface area contributed by atoms with Crippen molar-refractivity contribution in [1.29, 1.82) is 0 Å². The van der Waals surface area contributed by atoms with Gasteiger partial charge in [0.2, 0.25) is 0 Å². The molecular formula is C15H28N2O2. The third-order valence-corrected chi connectivity index (χ3v) is 4.70. The van der Waals surface area contributed by atoms with Crippen LogP contribution in [0.2, 0.25) is 0 Å². The minimum atomic E-state index is -0.776. The average Bonchev–Trinajstić information content (AvgIpc) is 3.11. The van der Waals surface area contributed by atoms with Gasteiger partial charge in [-0.2, -0.15) is 0 Å². The number of ether oxygens (including phenoxy) is 1. The predicted molar refractivity (Wildman–Crippen MR) is 75.7 cm³/mol. The van der Waals surface area contributed by atoms with Crippen molar-refractivity contribution in [2.24, 2.45) is 23.5 Å². The van der Waals surface area contributed by atoms with Crippen LogP contribution in [-0.2, 0) is 9.53 Å². The number of nitrogens with two attached hydrogens (primary N) is 1. The maximum atomic E-state index is 12.2. The first-order chi connectivity index (χ1) is 8.97. The molecule has 2 unspecified atom stereocenters. The molecule has 2 atom stereocenters. The van der Waals surface area contributed by atoms with Crippen molar-refractivity contribution in [3.05, 3.63) is 0 Å². The van der Waals surface area contributed by atoms with Crippen molar-refractivity contribution in [2.45, 2.75) is 45.6 Å². The standard InChI is InChI=1S/C15H28N2O2/c1-4-19-14(18)15(16,13-5-6-13)10-17-8-7-12(9-17)11(2)3/h11-13H,4-10,16H2,1-3H3. The van der Waals surface area contributed by atoms with Crippen LogP contribution in [0.5, 0.6) is 0 Å². The summed E-state index contributed by atoms with van der Waals surface area (Å²) in [6, 6.07) is 0. The maximum absolute atomic E-state index is 12.2. The number of esters is 1. The van der Waals surface area contributed by atoms with E-state index in [0.29, 0.717) is 25.0 Å². The fourth-order valence-electron chi connectivity index (χ4n) is 3.14. The summed E-state index contributed by atoms with van der Waals surface area (Å²) >= 11 is 0. The highest BCUT2D eigenvalue weighted by atomic mass is 16.5. The molecule has 0 aromatic heterocycles. The molecule has 4 nitrogen and oxygen atoms in total. The Labute approximate surface area is 116 Å². The molecule has 1 aliphatic carbocycles. The molecule has 19 heavy (non-hydrogen) atoms. The summed E-state index contributed by atoms with van der Waals surface area (Å²) in [5.74, 6) is 1.57. The lowest BCUT2D eigenvalue weighted by molar-refractivity contribution is -0.151. The Balaban J connectivity index is 1.96. The van der Waals surface area contributed by atoms with E-state index in [1.165, 1.54) is 6.42 Å². The molecule has 1 heterocycles. The zero-order chi connectivity index (χ0) is 14.0. The molecule has 0 aromatic rings. The van der Waals surface area contributed by atoms with Gasteiger partial charge in [-0.1, -0.05) is 13.8 Å². The zero-order valence-corrected chi connectivity index (χ0v) is 12.5. The molecule has 4 heteroatoms. The summed E-state index contributed by atoms with van der Waals surface area (Å²) in [4.78, 5) is 14.5. The van der Waals surface area contributed by atoms with Gasteiger partial charge in [-0.3, -0.25) is 0 Å². The first kappa shape index (κ1) is 14.8. The fraction of sp³-hybridized carbons (Fsp3) is 0.933. The summed E-state index contributed by atoms with van der Waals surface area (Å²) in [5, 5.41) is 0. The Bertz CT molecular complexity index is 328. The molecule has 2 rings (SSSR count). The van der Waals surface area contributed by atoms with Gasteiger partial charge in [0.25, 0.3) is 0 Å². The fourth-order valence-corrected chi connectivity index (χ4v) is 3.14. The maximum Gasteiger partial charge on any atom is 0.327 e. The van der Waals surface area contributed by atoms with E-state index in [4.69, 9.17) is 10.5 Å². The van der Waals surface area contributed by atoms with Crippen LogP contribution in [0.25, 0.3) is 0 Å². The zero-order valence-electron chi connectivity index (χ0n) is 12.5. The summed E-state index contributed by atoms with van der Waals surface area (Å²) in [6.07, 6.45) is 3.36. The topological polar surface area (TPSA) is 55.6 Å². The second-order valence-electron chi connectivity index (χ2n) is 6.56. The summed E-state index contributed by atoms with van der Waals surface area (Å²) in [7, 11) is 0. The lowest BCUT2D eigenvalue weighted by atomic mass is 9.93. The third kappa shape index (κ3) is 3.29. The quantitative estimate of drug-likeness (QED) is 0.744. The molecule has 0 radical (unpaired) electrons. The van der Waals surface area contributed by atoms with Crippen molar-refractivity contribution in [2.75, 3.05) is 26.2 Å². The lowest BCUT2D eigenvalue weighted by Gasteiger charge is -2.31. The van der Waals surface area contributed by atoms with E-state index < -0.39 is 5.54 Å². The second kappa shape index (κ2) is 5.80. The minimum Gasteiger partial charge on any atom is -0.465 e. The molecule has 0 spiro atoms. The molecule has 1 saturated carbocycles. The number of carbonyl (C=O) groups is 1. The van der Waals surface area contributed by atoms with Gasteiger partial charge in [0.1, 0.15) is 5.54 Å². The predicted octanol–water partition coefficient (Wildman–Crippen LogP) is 1.63. The van der Waals surface area contributed by atoms with Gasteiger partial charge >= 0.3 is 5.97 Å². The van der Waals surface area contributed by atoms with Crippen LogP contribution in [0.4, 0.5) is 0 Å². The van der Waals surface area contributed by atoms with Crippen molar-refractivity contribution < 1.29 is 9.53 Å². The molecule has 0 aromatic carbocycles. The monoisotopic (exact) mass is 268 g/mol. The third-order valence-electron chi connectivity index (χ3n) is 4.70. The molecule has 2 N–H and O–H groups in total. The van der Waals surface area contributed by atoms with Crippen LogP contribution >= 0.6 is 0 Å². The number of likely N-dealkylation sites (tertiary alicyclic amines) is 1. The lowest BCUT2D eigenvalue weighted by Crippen LogP contribution is -2.58. The molecule has 1 aliphatic heterocycles. The minimum absolute atomic E-state index is 0.203. The van der Waals surface area contributed by atoms with Crippen LogP contribution in [-0.4, -0.2) is 42.6 Å². The van der Waals surface area contributed by atoms with Crippen LogP contribution in [0, 0.1) is 17.8 Å². The second-order valence-corrected chi connectivity index (χ2v) is 6.56. The van der Waals surface area contributed by atoms with Crippen molar-refractivity contribution in [3.63, 3.8) is 0 Å². The van der Waals surface area contributed by atoms with Crippen LogP contribution in [0.3, 0.4) is 0 Å². The highest BCUT2D eigenvalue weighted by Gasteiger charge is 2.50. The van der Waals surface area contributed by atoms with Crippen LogP contribution in [0.15, 0.2) is 0 Å². The van der Waals surface area contributed by atoms with Gasteiger partial charge in [0.15, 0.2) is 0 Å².